The van der Waals surface area contributed by atoms with E-state index in [1.54, 1.807) is 0 Å². The van der Waals surface area contributed by atoms with E-state index in [4.69, 9.17) is 0 Å². The second-order valence-corrected chi connectivity index (χ2v) is 3.75. The molecule has 1 aliphatic rings. The maximum Gasteiger partial charge on any atom is 0.0182 e. The van der Waals surface area contributed by atoms with Crippen molar-refractivity contribution < 1.29 is 0 Å². The Hall–Kier alpha value is -0.0400. The van der Waals surface area contributed by atoms with E-state index in [1.165, 1.54) is 25.7 Å². The number of rotatable bonds is 4. The van der Waals surface area contributed by atoms with E-state index in [-0.39, 0.29) is 0 Å². The minimum Gasteiger partial charge on any atom is -0.314 e. The van der Waals surface area contributed by atoms with Crippen molar-refractivity contribution >= 4 is 0 Å². The van der Waals surface area contributed by atoms with Gasteiger partial charge >= 0.3 is 0 Å². The number of nitrogens with one attached hydrogen (secondary N) is 1. The minimum absolute atomic E-state index is 0.565. The lowest BCUT2D eigenvalue weighted by Crippen LogP contribution is -2.29. The monoisotopic (exact) mass is 141 g/mol. The third-order valence-electron chi connectivity index (χ3n) is 2.82. The highest BCUT2D eigenvalue weighted by Gasteiger charge is 2.41. The van der Waals surface area contributed by atoms with Gasteiger partial charge in [-0.1, -0.05) is 20.3 Å². The summed E-state index contributed by atoms with van der Waals surface area (Å²) in [4.78, 5) is 0. The molecule has 1 saturated carbocycles. The predicted octanol–water partition coefficient (Wildman–Crippen LogP) is 2.17. The van der Waals surface area contributed by atoms with Gasteiger partial charge in [0.1, 0.15) is 0 Å². The highest BCUT2D eigenvalue weighted by Crippen LogP contribution is 2.40. The molecule has 1 fully saturated rings. The van der Waals surface area contributed by atoms with Gasteiger partial charge in [-0.05, 0) is 32.2 Å². The van der Waals surface area contributed by atoms with Gasteiger partial charge in [0.05, 0.1) is 0 Å². The van der Waals surface area contributed by atoms with E-state index in [9.17, 15) is 0 Å². The molecule has 0 aromatic rings. The van der Waals surface area contributed by atoms with Gasteiger partial charge in [0, 0.05) is 5.54 Å². The first kappa shape index (κ1) is 8.06. The van der Waals surface area contributed by atoms with E-state index in [0.717, 1.165) is 5.92 Å². The molecule has 0 aromatic carbocycles. The van der Waals surface area contributed by atoms with Gasteiger partial charge < -0.3 is 5.32 Å². The summed E-state index contributed by atoms with van der Waals surface area (Å²) in [5, 5.41) is 3.42. The second kappa shape index (κ2) is 2.91. The standard InChI is InChI=1S/C9H19N/c1-4-8(2)7-9(10-3)5-6-9/h8,10H,4-7H2,1-3H3. The quantitative estimate of drug-likeness (QED) is 0.632. The van der Waals surface area contributed by atoms with Crippen LogP contribution in [0, 0.1) is 5.92 Å². The zero-order valence-electron chi connectivity index (χ0n) is 7.41. The van der Waals surface area contributed by atoms with Crippen LogP contribution in [-0.4, -0.2) is 12.6 Å². The first-order valence-electron chi connectivity index (χ1n) is 4.41. The second-order valence-electron chi connectivity index (χ2n) is 3.75. The molecular formula is C9H19N. The zero-order valence-corrected chi connectivity index (χ0v) is 7.41. The third-order valence-corrected chi connectivity index (χ3v) is 2.82. The molecule has 1 N–H and O–H groups in total. The largest absolute Gasteiger partial charge is 0.314 e. The van der Waals surface area contributed by atoms with Crippen LogP contribution in [-0.2, 0) is 0 Å². The summed E-state index contributed by atoms with van der Waals surface area (Å²) in [7, 11) is 2.09. The minimum atomic E-state index is 0.565. The Labute approximate surface area is 64.2 Å². The Morgan fingerprint density at radius 3 is 2.40 bits per heavy atom. The van der Waals surface area contributed by atoms with E-state index in [1.807, 2.05) is 0 Å². The molecule has 1 unspecified atom stereocenters. The van der Waals surface area contributed by atoms with E-state index in [0.29, 0.717) is 5.54 Å². The van der Waals surface area contributed by atoms with Crippen LogP contribution in [0.2, 0.25) is 0 Å². The molecule has 0 amide bonds. The summed E-state index contributed by atoms with van der Waals surface area (Å²) in [6, 6.07) is 0. The smallest absolute Gasteiger partial charge is 0.0182 e. The molecule has 1 atom stereocenters. The molecule has 0 aliphatic heterocycles. The average molecular weight is 141 g/mol. The fourth-order valence-corrected chi connectivity index (χ4v) is 1.52. The lowest BCUT2D eigenvalue weighted by molar-refractivity contribution is 0.398. The van der Waals surface area contributed by atoms with Gasteiger partial charge in [0.15, 0.2) is 0 Å². The van der Waals surface area contributed by atoms with Crippen molar-refractivity contribution in [2.45, 2.75) is 45.1 Å². The van der Waals surface area contributed by atoms with E-state index in [2.05, 4.69) is 26.2 Å². The molecule has 0 spiro atoms. The molecule has 0 bridgehead atoms. The lowest BCUT2D eigenvalue weighted by atomic mass is 9.98. The molecule has 0 aromatic heterocycles. The summed E-state index contributed by atoms with van der Waals surface area (Å²) in [5.41, 5.74) is 0.565. The topological polar surface area (TPSA) is 12.0 Å². The number of hydrogen-bond acceptors (Lipinski definition) is 1. The first-order valence-corrected chi connectivity index (χ1v) is 4.41. The predicted molar refractivity (Wildman–Crippen MR) is 45.1 cm³/mol. The van der Waals surface area contributed by atoms with Gasteiger partial charge in [-0.15, -0.1) is 0 Å². The number of hydrogen-bond donors (Lipinski definition) is 1. The Morgan fingerprint density at radius 1 is 1.50 bits per heavy atom. The van der Waals surface area contributed by atoms with Gasteiger partial charge in [-0.25, -0.2) is 0 Å². The van der Waals surface area contributed by atoms with E-state index >= 15 is 0 Å². The Kier molecular flexibility index (Phi) is 2.35. The van der Waals surface area contributed by atoms with Gasteiger partial charge in [-0.3, -0.25) is 0 Å². The summed E-state index contributed by atoms with van der Waals surface area (Å²) in [5.74, 6) is 0.898. The highest BCUT2D eigenvalue weighted by atomic mass is 15.0. The zero-order chi connectivity index (χ0) is 7.61. The fraction of sp³-hybridized carbons (Fsp3) is 1.00. The molecule has 0 heterocycles. The Bertz CT molecular complexity index is 105. The van der Waals surface area contributed by atoms with E-state index < -0.39 is 0 Å². The van der Waals surface area contributed by atoms with Crippen molar-refractivity contribution in [1.29, 1.82) is 0 Å². The SMILES string of the molecule is CCC(C)CC1(NC)CC1. The Balaban J connectivity index is 2.23. The van der Waals surface area contributed by atoms with Crippen molar-refractivity contribution in [2.24, 2.45) is 5.92 Å². The van der Waals surface area contributed by atoms with Crippen LogP contribution in [0.4, 0.5) is 0 Å². The van der Waals surface area contributed by atoms with Gasteiger partial charge in [0.2, 0.25) is 0 Å². The van der Waals surface area contributed by atoms with Crippen LogP contribution in [0.5, 0.6) is 0 Å². The fourth-order valence-electron chi connectivity index (χ4n) is 1.52. The van der Waals surface area contributed by atoms with Crippen LogP contribution >= 0.6 is 0 Å². The van der Waals surface area contributed by atoms with Crippen molar-refractivity contribution in [3.63, 3.8) is 0 Å². The van der Waals surface area contributed by atoms with Gasteiger partial charge in [-0.2, -0.15) is 0 Å². The summed E-state index contributed by atoms with van der Waals surface area (Å²) in [6.07, 6.45) is 5.49. The normalized spacial score (nSPS) is 24.3. The molecule has 0 saturated heterocycles. The van der Waals surface area contributed by atoms with Crippen LogP contribution in [0.25, 0.3) is 0 Å². The maximum atomic E-state index is 3.42. The molecule has 1 heteroatoms. The molecule has 60 valence electrons. The summed E-state index contributed by atoms with van der Waals surface area (Å²) in [6.45, 7) is 4.62. The van der Waals surface area contributed by atoms with Crippen molar-refractivity contribution in [2.75, 3.05) is 7.05 Å². The molecule has 0 radical (unpaired) electrons. The first-order chi connectivity index (χ1) is 4.72. The van der Waals surface area contributed by atoms with Crippen LogP contribution < -0.4 is 5.32 Å². The third kappa shape index (κ3) is 1.72. The maximum absolute atomic E-state index is 3.42. The van der Waals surface area contributed by atoms with Gasteiger partial charge in [0.25, 0.3) is 0 Å². The molecular weight excluding hydrogens is 122 g/mol. The summed E-state index contributed by atoms with van der Waals surface area (Å²) >= 11 is 0. The Morgan fingerprint density at radius 2 is 2.10 bits per heavy atom. The van der Waals surface area contributed by atoms with Crippen LogP contribution in [0.1, 0.15) is 39.5 Å². The molecule has 1 rings (SSSR count). The molecule has 10 heavy (non-hydrogen) atoms. The highest BCUT2D eigenvalue weighted by molar-refractivity contribution is 5.01. The van der Waals surface area contributed by atoms with Crippen LogP contribution in [0.15, 0.2) is 0 Å². The van der Waals surface area contributed by atoms with Crippen molar-refractivity contribution in [1.82, 2.24) is 5.32 Å². The van der Waals surface area contributed by atoms with Crippen molar-refractivity contribution in [3.05, 3.63) is 0 Å². The average Bonchev–Trinajstić information content (AvgIpc) is 2.70. The van der Waals surface area contributed by atoms with Crippen LogP contribution in [0.3, 0.4) is 0 Å². The molecule has 1 aliphatic carbocycles. The molecule has 1 nitrogen and oxygen atoms in total. The van der Waals surface area contributed by atoms with Crippen molar-refractivity contribution in [3.8, 4) is 0 Å². The summed E-state index contributed by atoms with van der Waals surface area (Å²) < 4.78 is 0. The lowest BCUT2D eigenvalue weighted by Gasteiger charge is -2.17.